The topological polar surface area (TPSA) is 58.8 Å². The second-order valence-electron chi connectivity index (χ2n) is 4.41. The maximum absolute atomic E-state index is 11.9. The lowest BCUT2D eigenvalue weighted by molar-refractivity contribution is -0.131. The van der Waals surface area contributed by atoms with E-state index < -0.39 is 0 Å². The lowest BCUT2D eigenvalue weighted by Crippen LogP contribution is -2.40. The van der Waals surface area contributed by atoms with Crippen molar-refractivity contribution in [2.45, 2.75) is 33.3 Å². The van der Waals surface area contributed by atoms with E-state index in [0.29, 0.717) is 19.7 Å². The van der Waals surface area contributed by atoms with Gasteiger partial charge in [0.25, 0.3) is 0 Å². The molecule has 18 heavy (non-hydrogen) atoms. The number of carbonyl (C=O) groups is 1. The summed E-state index contributed by atoms with van der Waals surface area (Å²) in [5.74, 6) is 0.184. The van der Waals surface area contributed by atoms with Gasteiger partial charge in [-0.3, -0.25) is 9.69 Å². The summed E-state index contributed by atoms with van der Waals surface area (Å²) < 4.78 is 5.49. The van der Waals surface area contributed by atoms with E-state index in [4.69, 9.17) is 10.5 Å². The molecule has 0 bridgehead atoms. The molecule has 0 saturated carbocycles. The molecule has 0 aromatic heterocycles. The fourth-order valence-corrected chi connectivity index (χ4v) is 1.86. The molecule has 0 rings (SSSR count). The van der Waals surface area contributed by atoms with Crippen LogP contribution >= 0.6 is 0 Å². The lowest BCUT2D eigenvalue weighted by atomic mass is 10.2. The van der Waals surface area contributed by atoms with E-state index in [9.17, 15) is 4.79 Å². The molecular formula is C13H29N3O2. The van der Waals surface area contributed by atoms with E-state index in [1.54, 1.807) is 0 Å². The van der Waals surface area contributed by atoms with Crippen LogP contribution in [0, 0.1) is 0 Å². The number of rotatable bonds is 10. The summed E-state index contributed by atoms with van der Waals surface area (Å²) in [7, 11) is 1.96. The van der Waals surface area contributed by atoms with Gasteiger partial charge in [0.15, 0.2) is 0 Å². The minimum atomic E-state index is 0.0982. The zero-order chi connectivity index (χ0) is 14.0. The fraction of sp³-hybridized carbons (Fsp3) is 0.923. The van der Waals surface area contributed by atoms with Gasteiger partial charge in [0.2, 0.25) is 5.91 Å². The van der Waals surface area contributed by atoms with Gasteiger partial charge in [-0.1, -0.05) is 0 Å². The van der Waals surface area contributed by atoms with Crippen molar-refractivity contribution in [3.8, 4) is 0 Å². The van der Waals surface area contributed by atoms with Crippen molar-refractivity contribution < 1.29 is 9.53 Å². The van der Waals surface area contributed by atoms with Gasteiger partial charge >= 0.3 is 0 Å². The molecule has 0 aliphatic heterocycles. The molecule has 108 valence electrons. The summed E-state index contributed by atoms with van der Waals surface area (Å²) in [4.78, 5) is 15.8. The molecule has 0 spiro atoms. The van der Waals surface area contributed by atoms with Crippen molar-refractivity contribution in [3.05, 3.63) is 0 Å². The number of carbonyl (C=O) groups excluding carboxylic acids is 1. The monoisotopic (exact) mass is 259 g/mol. The highest BCUT2D eigenvalue weighted by Gasteiger charge is 2.13. The molecule has 0 radical (unpaired) electrons. The number of likely N-dealkylation sites (N-methyl/N-ethyl adjacent to an activating group) is 2. The molecule has 0 aromatic rings. The normalized spacial score (nSPS) is 12.8. The van der Waals surface area contributed by atoms with E-state index in [1.165, 1.54) is 0 Å². The number of nitrogens with zero attached hydrogens (tertiary/aromatic N) is 2. The Bertz CT molecular complexity index is 220. The first-order valence-electron chi connectivity index (χ1n) is 6.86. The number of hydrogen-bond acceptors (Lipinski definition) is 4. The maximum Gasteiger partial charge on any atom is 0.236 e. The molecule has 0 aliphatic carbocycles. The average Bonchev–Trinajstić information content (AvgIpc) is 2.35. The largest absolute Gasteiger partial charge is 0.377 e. The predicted octanol–water partition coefficient (Wildman–Crippen LogP) is 0.541. The quantitative estimate of drug-likeness (QED) is 0.622. The standard InChI is InChI=1S/C13H29N3O2/c1-5-16(6-2)13(17)11-15(4)9-8-12(10-14)18-7-3/h12H,5-11,14H2,1-4H3. The van der Waals surface area contributed by atoms with E-state index in [2.05, 4.69) is 0 Å². The zero-order valence-corrected chi connectivity index (χ0v) is 12.3. The second kappa shape index (κ2) is 10.3. The highest BCUT2D eigenvalue weighted by atomic mass is 16.5. The van der Waals surface area contributed by atoms with Crippen LogP contribution in [0.2, 0.25) is 0 Å². The maximum atomic E-state index is 11.9. The summed E-state index contributed by atoms with van der Waals surface area (Å²) in [6.45, 7) is 10.0. The predicted molar refractivity (Wildman–Crippen MR) is 74.5 cm³/mol. The summed E-state index contributed by atoms with van der Waals surface area (Å²) in [5, 5.41) is 0. The summed E-state index contributed by atoms with van der Waals surface area (Å²) in [6.07, 6.45) is 0.966. The highest BCUT2D eigenvalue weighted by Crippen LogP contribution is 2.00. The Morgan fingerprint density at radius 2 is 1.89 bits per heavy atom. The van der Waals surface area contributed by atoms with Crippen molar-refractivity contribution in [1.29, 1.82) is 0 Å². The third-order valence-electron chi connectivity index (χ3n) is 3.02. The average molecular weight is 259 g/mol. The Morgan fingerprint density at radius 3 is 2.33 bits per heavy atom. The van der Waals surface area contributed by atoms with Gasteiger partial charge in [-0.25, -0.2) is 0 Å². The molecule has 1 unspecified atom stereocenters. The molecule has 5 nitrogen and oxygen atoms in total. The first kappa shape index (κ1) is 17.4. The molecule has 1 amide bonds. The third-order valence-corrected chi connectivity index (χ3v) is 3.02. The molecule has 2 N–H and O–H groups in total. The van der Waals surface area contributed by atoms with Crippen LogP contribution in [-0.2, 0) is 9.53 Å². The van der Waals surface area contributed by atoms with Gasteiger partial charge in [0.05, 0.1) is 12.6 Å². The Kier molecular flexibility index (Phi) is 9.92. The van der Waals surface area contributed by atoms with Crippen LogP contribution in [0.15, 0.2) is 0 Å². The van der Waals surface area contributed by atoms with Crippen LogP contribution in [0.3, 0.4) is 0 Å². The summed E-state index contributed by atoms with van der Waals surface area (Å²) in [6, 6.07) is 0. The van der Waals surface area contributed by atoms with E-state index in [1.807, 2.05) is 37.6 Å². The Labute approximate surface area is 111 Å². The number of nitrogens with two attached hydrogens (primary N) is 1. The van der Waals surface area contributed by atoms with E-state index >= 15 is 0 Å². The minimum Gasteiger partial charge on any atom is -0.377 e. The van der Waals surface area contributed by atoms with Crippen molar-refractivity contribution in [3.63, 3.8) is 0 Å². The second-order valence-corrected chi connectivity index (χ2v) is 4.41. The highest BCUT2D eigenvalue weighted by molar-refractivity contribution is 5.78. The smallest absolute Gasteiger partial charge is 0.236 e. The van der Waals surface area contributed by atoms with Gasteiger partial charge in [-0.15, -0.1) is 0 Å². The first-order chi connectivity index (χ1) is 8.58. The zero-order valence-electron chi connectivity index (χ0n) is 12.3. The van der Waals surface area contributed by atoms with Crippen molar-refractivity contribution in [2.24, 2.45) is 5.73 Å². The minimum absolute atomic E-state index is 0.0982. The van der Waals surface area contributed by atoms with Crippen LogP contribution in [0.25, 0.3) is 0 Å². The fourth-order valence-electron chi connectivity index (χ4n) is 1.86. The molecule has 0 heterocycles. The molecular weight excluding hydrogens is 230 g/mol. The molecule has 0 aromatic carbocycles. The molecule has 1 atom stereocenters. The number of hydrogen-bond donors (Lipinski definition) is 1. The van der Waals surface area contributed by atoms with Gasteiger partial charge in [0, 0.05) is 32.8 Å². The van der Waals surface area contributed by atoms with Crippen LogP contribution in [0.4, 0.5) is 0 Å². The van der Waals surface area contributed by atoms with E-state index in [-0.39, 0.29) is 12.0 Å². The van der Waals surface area contributed by atoms with Crippen LogP contribution in [0.5, 0.6) is 0 Å². The van der Waals surface area contributed by atoms with Gasteiger partial charge in [-0.05, 0) is 34.2 Å². The van der Waals surface area contributed by atoms with E-state index in [0.717, 1.165) is 26.1 Å². The first-order valence-corrected chi connectivity index (χ1v) is 6.86. The van der Waals surface area contributed by atoms with Gasteiger partial charge < -0.3 is 15.4 Å². The Morgan fingerprint density at radius 1 is 1.28 bits per heavy atom. The summed E-state index contributed by atoms with van der Waals surface area (Å²) >= 11 is 0. The number of amides is 1. The Balaban J connectivity index is 3.95. The van der Waals surface area contributed by atoms with Crippen LogP contribution < -0.4 is 5.73 Å². The van der Waals surface area contributed by atoms with Gasteiger partial charge in [-0.2, -0.15) is 0 Å². The summed E-state index contributed by atoms with van der Waals surface area (Å²) in [5.41, 5.74) is 5.62. The molecule has 0 fully saturated rings. The van der Waals surface area contributed by atoms with Crippen molar-refractivity contribution >= 4 is 5.91 Å². The molecule has 0 saturated heterocycles. The van der Waals surface area contributed by atoms with Crippen molar-refractivity contribution in [1.82, 2.24) is 9.80 Å². The van der Waals surface area contributed by atoms with Crippen LogP contribution in [-0.4, -0.2) is 68.2 Å². The lowest BCUT2D eigenvalue weighted by Gasteiger charge is -2.24. The SMILES string of the molecule is CCOC(CN)CCN(C)CC(=O)N(CC)CC. The van der Waals surface area contributed by atoms with Gasteiger partial charge in [0.1, 0.15) is 0 Å². The molecule has 0 aliphatic rings. The Hall–Kier alpha value is -0.650. The number of ether oxygens (including phenoxy) is 1. The molecule has 5 heteroatoms. The van der Waals surface area contributed by atoms with Crippen LogP contribution in [0.1, 0.15) is 27.2 Å². The third kappa shape index (κ3) is 6.93. The van der Waals surface area contributed by atoms with Crippen molar-refractivity contribution in [2.75, 3.05) is 46.4 Å².